The summed E-state index contributed by atoms with van der Waals surface area (Å²) in [7, 11) is 0. The highest BCUT2D eigenvalue weighted by Gasteiger charge is 2.84. The van der Waals surface area contributed by atoms with Crippen LogP contribution in [0.5, 0.6) is 0 Å². The van der Waals surface area contributed by atoms with E-state index in [9.17, 15) is 5.11 Å². The van der Waals surface area contributed by atoms with Gasteiger partial charge in [-0.05, 0) is 61.2 Å². The van der Waals surface area contributed by atoms with Gasteiger partial charge in [-0.25, -0.2) is 0 Å². The van der Waals surface area contributed by atoms with E-state index >= 15 is 0 Å². The summed E-state index contributed by atoms with van der Waals surface area (Å²) in [4.78, 5) is 0. The van der Waals surface area contributed by atoms with E-state index in [-0.39, 0.29) is 22.0 Å². The first-order valence-corrected chi connectivity index (χ1v) is 8.37. The van der Waals surface area contributed by atoms with Crippen molar-refractivity contribution in [3.63, 3.8) is 0 Å². The Kier molecular flexibility index (Phi) is 2.14. The fourth-order valence-corrected chi connectivity index (χ4v) is 7.08. The van der Waals surface area contributed by atoms with Gasteiger partial charge in [-0.3, -0.25) is 0 Å². The predicted molar refractivity (Wildman–Crippen MR) is 79.5 cm³/mol. The van der Waals surface area contributed by atoms with Gasteiger partial charge in [0.05, 0.1) is 5.60 Å². The molecule has 0 spiro atoms. The third kappa shape index (κ3) is 1.48. The zero-order chi connectivity index (χ0) is 14.7. The van der Waals surface area contributed by atoms with E-state index in [1.807, 2.05) is 0 Å². The summed E-state index contributed by atoms with van der Waals surface area (Å²) in [6.45, 7) is 11.8. The third-order valence-electron chi connectivity index (χ3n) is 6.84. The van der Waals surface area contributed by atoms with E-state index in [0.717, 1.165) is 32.1 Å². The van der Waals surface area contributed by atoms with Crippen molar-refractivity contribution in [1.29, 1.82) is 0 Å². The number of ether oxygens (including phenoxy) is 1. The minimum atomic E-state index is -0.585. The fraction of sp³-hybridized carbons (Fsp3) is 1.00. The number of hydrogen-bond acceptors (Lipinski definition) is 2. The Morgan fingerprint density at radius 1 is 0.750 bits per heavy atom. The Labute approximate surface area is 123 Å². The normalized spacial score (nSPS) is 58.5. The molecule has 2 heteroatoms. The molecule has 1 aliphatic heterocycles. The predicted octanol–water partition coefficient (Wildman–Crippen LogP) is 4.06. The lowest BCUT2D eigenvalue weighted by Gasteiger charge is -2.59. The van der Waals surface area contributed by atoms with Crippen LogP contribution in [0.3, 0.4) is 0 Å². The van der Waals surface area contributed by atoms with E-state index in [1.165, 1.54) is 12.8 Å². The molecule has 2 nitrogen and oxygen atoms in total. The van der Waals surface area contributed by atoms with Crippen LogP contribution in [0.4, 0.5) is 0 Å². The molecule has 4 atom stereocenters. The third-order valence-corrected chi connectivity index (χ3v) is 6.84. The summed E-state index contributed by atoms with van der Waals surface area (Å²) in [6, 6.07) is 0. The lowest BCUT2D eigenvalue weighted by Crippen LogP contribution is -2.64. The second-order valence-electron chi connectivity index (χ2n) is 10.5. The van der Waals surface area contributed by atoms with Gasteiger partial charge in [0.15, 0.2) is 0 Å². The second kappa shape index (κ2) is 3.15. The lowest BCUT2D eigenvalue weighted by atomic mass is 9.45. The number of hydrogen-bond donors (Lipinski definition) is 1. The molecule has 0 amide bonds. The van der Waals surface area contributed by atoms with Crippen LogP contribution in [-0.4, -0.2) is 21.9 Å². The van der Waals surface area contributed by atoms with Crippen LogP contribution in [0.1, 0.15) is 79.6 Å². The molecule has 1 N–H and O–H groups in total. The van der Waals surface area contributed by atoms with Gasteiger partial charge in [-0.2, -0.15) is 0 Å². The molecule has 0 aromatic rings. The summed E-state index contributed by atoms with van der Waals surface area (Å²) < 4.78 is 6.48. The Hall–Kier alpha value is -0.0800. The maximum absolute atomic E-state index is 11.5. The largest absolute Gasteiger partial charge is 0.387 e. The molecule has 0 radical (unpaired) electrons. The van der Waals surface area contributed by atoms with Gasteiger partial charge in [-0.1, -0.05) is 34.6 Å². The minimum Gasteiger partial charge on any atom is -0.387 e. The zero-order valence-electron chi connectivity index (χ0n) is 13.8. The van der Waals surface area contributed by atoms with Crippen LogP contribution in [0.2, 0.25) is 0 Å². The van der Waals surface area contributed by atoms with Crippen molar-refractivity contribution in [3.8, 4) is 0 Å². The van der Waals surface area contributed by atoms with Gasteiger partial charge in [0, 0.05) is 0 Å². The molecule has 1 saturated heterocycles. The van der Waals surface area contributed by atoms with E-state index < -0.39 is 5.60 Å². The quantitative estimate of drug-likeness (QED) is 0.678. The van der Waals surface area contributed by atoms with E-state index in [2.05, 4.69) is 34.6 Å². The highest BCUT2D eigenvalue weighted by atomic mass is 16.6. The fourth-order valence-electron chi connectivity index (χ4n) is 7.08. The van der Waals surface area contributed by atoms with Crippen LogP contribution < -0.4 is 0 Å². The molecule has 3 aliphatic carbocycles. The second-order valence-corrected chi connectivity index (χ2v) is 10.5. The number of epoxide rings is 1. The number of aliphatic hydroxyl groups is 1. The summed E-state index contributed by atoms with van der Waals surface area (Å²) in [5, 5.41) is 11.5. The minimum absolute atomic E-state index is 0.00694. The molecule has 3 saturated carbocycles. The highest BCUT2D eigenvalue weighted by Crippen LogP contribution is 2.77. The molecule has 0 aromatic carbocycles. The van der Waals surface area contributed by atoms with Crippen molar-refractivity contribution in [1.82, 2.24) is 0 Å². The average molecular weight is 278 g/mol. The SMILES string of the molecule is CC1(C)C[C@@]2(C)C[C@](O)(C1)[C@@]13CCC(C)(C)C[C@]1(C2)O3. The van der Waals surface area contributed by atoms with Gasteiger partial charge in [-0.15, -0.1) is 0 Å². The Bertz CT molecular complexity index is 478. The molecule has 20 heavy (non-hydrogen) atoms. The van der Waals surface area contributed by atoms with Gasteiger partial charge in [0.2, 0.25) is 0 Å². The van der Waals surface area contributed by atoms with Crippen molar-refractivity contribution in [3.05, 3.63) is 0 Å². The van der Waals surface area contributed by atoms with Crippen molar-refractivity contribution in [2.75, 3.05) is 0 Å². The molecule has 4 rings (SSSR count). The molecule has 0 unspecified atom stereocenters. The Morgan fingerprint density at radius 3 is 2.15 bits per heavy atom. The average Bonchev–Trinajstić information content (AvgIpc) is 2.79. The van der Waals surface area contributed by atoms with E-state index in [1.54, 1.807) is 0 Å². The Balaban J connectivity index is 1.78. The monoisotopic (exact) mass is 278 g/mol. The zero-order valence-corrected chi connectivity index (χ0v) is 13.8. The van der Waals surface area contributed by atoms with Crippen molar-refractivity contribution in [2.24, 2.45) is 16.2 Å². The van der Waals surface area contributed by atoms with Crippen LogP contribution in [0.15, 0.2) is 0 Å². The smallest absolute Gasteiger partial charge is 0.127 e. The van der Waals surface area contributed by atoms with Crippen LogP contribution in [-0.2, 0) is 4.74 Å². The first-order valence-electron chi connectivity index (χ1n) is 8.37. The van der Waals surface area contributed by atoms with E-state index in [4.69, 9.17) is 4.74 Å². The van der Waals surface area contributed by atoms with Crippen molar-refractivity contribution >= 4 is 0 Å². The summed E-state index contributed by atoms with van der Waals surface area (Å²) in [6.07, 6.45) is 7.64. The molecule has 4 aliphatic rings. The Morgan fingerprint density at radius 2 is 1.45 bits per heavy atom. The molecule has 0 aromatic heterocycles. The maximum atomic E-state index is 11.5. The van der Waals surface area contributed by atoms with Gasteiger partial charge >= 0.3 is 0 Å². The summed E-state index contributed by atoms with van der Waals surface area (Å²) in [5.41, 5.74) is 0.0668. The lowest BCUT2D eigenvalue weighted by molar-refractivity contribution is -0.160. The molecule has 114 valence electrons. The topological polar surface area (TPSA) is 32.8 Å². The summed E-state index contributed by atoms with van der Waals surface area (Å²) >= 11 is 0. The van der Waals surface area contributed by atoms with Crippen molar-refractivity contribution in [2.45, 2.75) is 96.4 Å². The molecule has 4 fully saturated rings. The maximum Gasteiger partial charge on any atom is 0.127 e. The number of rotatable bonds is 0. The molecule has 1 heterocycles. The molecule has 2 bridgehead atoms. The van der Waals surface area contributed by atoms with Crippen LogP contribution in [0, 0.1) is 16.2 Å². The van der Waals surface area contributed by atoms with Crippen LogP contribution in [0.25, 0.3) is 0 Å². The van der Waals surface area contributed by atoms with Gasteiger partial charge in [0.25, 0.3) is 0 Å². The molecular formula is C18H30O2. The number of fused-ring (bicyclic) bond motifs is 2. The highest BCUT2D eigenvalue weighted by molar-refractivity contribution is 5.34. The molecular weight excluding hydrogens is 248 g/mol. The van der Waals surface area contributed by atoms with Crippen molar-refractivity contribution < 1.29 is 9.84 Å². The standard InChI is InChI=1S/C18H30O2/c1-13(2)6-7-18-16(19)9-14(3,4)8-15(5,11-16)12-17(18,10-13)20-18/h19H,6-12H2,1-5H3/t15-,16+,17+,18-/m0/s1. The van der Waals surface area contributed by atoms with Crippen LogP contribution >= 0.6 is 0 Å². The van der Waals surface area contributed by atoms with Gasteiger partial charge in [0.1, 0.15) is 11.2 Å². The van der Waals surface area contributed by atoms with E-state index in [0.29, 0.717) is 5.41 Å². The van der Waals surface area contributed by atoms with Gasteiger partial charge < -0.3 is 9.84 Å². The first kappa shape index (κ1) is 13.6. The first-order chi connectivity index (χ1) is 8.95. The summed E-state index contributed by atoms with van der Waals surface area (Å²) in [5.74, 6) is 0.